The van der Waals surface area contributed by atoms with E-state index in [4.69, 9.17) is 4.52 Å². The van der Waals surface area contributed by atoms with E-state index < -0.39 is 0 Å². The maximum absolute atomic E-state index is 13.0. The predicted molar refractivity (Wildman–Crippen MR) is 102 cm³/mol. The Kier molecular flexibility index (Phi) is 4.56. The third-order valence-electron chi connectivity index (χ3n) is 5.45. The van der Waals surface area contributed by atoms with E-state index in [2.05, 4.69) is 22.3 Å². The van der Waals surface area contributed by atoms with E-state index in [0.717, 1.165) is 53.2 Å². The molecule has 3 aromatic rings. The average Bonchev–Trinajstić information content (AvgIpc) is 3.37. The molecule has 1 aliphatic rings. The number of hydrogen-bond donors (Lipinski definition) is 1. The van der Waals surface area contributed by atoms with Crippen LogP contribution in [-0.4, -0.2) is 32.7 Å². The van der Waals surface area contributed by atoms with Crippen molar-refractivity contribution in [3.05, 3.63) is 58.5 Å². The van der Waals surface area contributed by atoms with Crippen LogP contribution in [0.25, 0.3) is 11.3 Å². The van der Waals surface area contributed by atoms with E-state index in [1.807, 2.05) is 43.0 Å². The number of likely N-dealkylation sites (tertiary alicyclic amines) is 1. The first kappa shape index (κ1) is 17.5. The highest BCUT2D eigenvalue weighted by molar-refractivity contribution is 5.80. The third-order valence-corrected chi connectivity index (χ3v) is 5.45. The molecule has 1 N–H and O–H groups in total. The van der Waals surface area contributed by atoms with Gasteiger partial charge >= 0.3 is 0 Å². The van der Waals surface area contributed by atoms with Gasteiger partial charge in [-0.05, 0) is 39.2 Å². The number of carbonyl (C=O) groups is 1. The average molecular weight is 364 g/mol. The number of aromatic nitrogens is 3. The number of aromatic amines is 1. The lowest BCUT2D eigenvalue weighted by Gasteiger charge is -2.24. The Balaban J connectivity index is 1.59. The molecule has 0 aliphatic carbocycles. The molecule has 1 aliphatic heterocycles. The molecule has 1 fully saturated rings. The Morgan fingerprint density at radius 1 is 1.26 bits per heavy atom. The normalized spacial score (nSPS) is 16.9. The molecule has 6 heteroatoms. The van der Waals surface area contributed by atoms with Crippen LogP contribution in [0, 0.1) is 20.8 Å². The second-order valence-electron chi connectivity index (χ2n) is 7.33. The molecule has 0 unspecified atom stereocenters. The molecule has 2 aromatic heterocycles. The van der Waals surface area contributed by atoms with Crippen LogP contribution in [0.4, 0.5) is 0 Å². The van der Waals surface area contributed by atoms with Gasteiger partial charge in [0, 0.05) is 12.1 Å². The van der Waals surface area contributed by atoms with Gasteiger partial charge in [-0.3, -0.25) is 9.89 Å². The van der Waals surface area contributed by atoms with Gasteiger partial charge in [0.15, 0.2) is 5.76 Å². The van der Waals surface area contributed by atoms with Crippen LogP contribution in [0.2, 0.25) is 0 Å². The van der Waals surface area contributed by atoms with E-state index >= 15 is 0 Å². The van der Waals surface area contributed by atoms with Gasteiger partial charge in [-0.25, -0.2) is 0 Å². The molecule has 140 valence electrons. The maximum Gasteiger partial charge on any atom is 0.227 e. The molecule has 0 radical (unpaired) electrons. The quantitative estimate of drug-likeness (QED) is 0.762. The van der Waals surface area contributed by atoms with Crippen molar-refractivity contribution in [2.24, 2.45) is 0 Å². The summed E-state index contributed by atoms with van der Waals surface area (Å²) in [6.45, 7) is 6.74. The van der Waals surface area contributed by atoms with E-state index in [9.17, 15) is 4.79 Å². The number of carbonyl (C=O) groups excluding carboxylic acids is 1. The van der Waals surface area contributed by atoms with Crippen molar-refractivity contribution in [2.75, 3.05) is 6.54 Å². The van der Waals surface area contributed by atoms with Crippen LogP contribution in [0.15, 0.2) is 35.0 Å². The standard InChI is InChI=1S/C21H24N4O2/c1-13-6-8-16(9-7-13)11-19(26)25-10-4-5-18(25)20-17(12-22-23-20)21-14(2)15(3)24-27-21/h6-9,12,18H,4-5,10-11H2,1-3H3,(H,22,23)/t18-/m0/s1. The second kappa shape index (κ2) is 7.02. The van der Waals surface area contributed by atoms with E-state index in [0.29, 0.717) is 6.42 Å². The number of rotatable bonds is 4. The fourth-order valence-corrected chi connectivity index (χ4v) is 3.75. The summed E-state index contributed by atoms with van der Waals surface area (Å²) in [6.07, 6.45) is 4.09. The topological polar surface area (TPSA) is 75.0 Å². The summed E-state index contributed by atoms with van der Waals surface area (Å²) < 4.78 is 5.53. The number of nitrogens with zero attached hydrogens (tertiary/aromatic N) is 3. The largest absolute Gasteiger partial charge is 0.356 e. The van der Waals surface area contributed by atoms with Crippen molar-refractivity contribution in [1.82, 2.24) is 20.3 Å². The zero-order valence-electron chi connectivity index (χ0n) is 16.0. The Bertz CT molecular complexity index is 955. The van der Waals surface area contributed by atoms with Crippen LogP contribution >= 0.6 is 0 Å². The van der Waals surface area contributed by atoms with E-state index in [-0.39, 0.29) is 11.9 Å². The Morgan fingerprint density at radius 3 is 2.74 bits per heavy atom. The van der Waals surface area contributed by atoms with Gasteiger partial charge in [0.2, 0.25) is 5.91 Å². The van der Waals surface area contributed by atoms with Crippen molar-refractivity contribution in [3.8, 4) is 11.3 Å². The Labute approximate surface area is 158 Å². The summed E-state index contributed by atoms with van der Waals surface area (Å²) in [6, 6.07) is 8.14. The van der Waals surface area contributed by atoms with Crippen molar-refractivity contribution >= 4 is 5.91 Å². The van der Waals surface area contributed by atoms with Gasteiger partial charge < -0.3 is 9.42 Å². The minimum atomic E-state index is -0.00902. The molecule has 4 rings (SSSR count). The van der Waals surface area contributed by atoms with Crippen molar-refractivity contribution in [3.63, 3.8) is 0 Å². The Hall–Kier alpha value is -2.89. The number of amides is 1. The van der Waals surface area contributed by atoms with Gasteiger partial charge in [0.25, 0.3) is 0 Å². The summed E-state index contributed by atoms with van der Waals surface area (Å²) in [7, 11) is 0. The fourth-order valence-electron chi connectivity index (χ4n) is 3.75. The smallest absolute Gasteiger partial charge is 0.227 e. The summed E-state index contributed by atoms with van der Waals surface area (Å²) in [4.78, 5) is 14.9. The van der Waals surface area contributed by atoms with Crippen molar-refractivity contribution < 1.29 is 9.32 Å². The van der Waals surface area contributed by atoms with Gasteiger partial charge in [0.1, 0.15) is 0 Å². The fraction of sp³-hybridized carbons (Fsp3) is 0.381. The molecular weight excluding hydrogens is 340 g/mol. The number of aryl methyl sites for hydroxylation is 2. The second-order valence-corrected chi connectivity index (χ2v) is 7.33. The highest BCUT2D eigenvalue weighted by Crippen LogP contribution is 2.38. The zero-order chi connectivity index (χ0) is 19.0. The zero-order valence-corrected chi connectivity index (χ0v) is 16.0. The Morgan fingerprint density at radius 2 is 2.04 bits per heavy atom. The summed E-state index contributed by atoms with van der Waals surface area (Å²) in [5, 5.41) is 11.4. The summed E-state index contributed by atoms with van der Waals surface area (Å²) in [5.74, 6) is 0.876. The molecule has 0 spiro atoms. The molecule has 1 atom stereocenters. The monoisotopic (exact) mass is 364 g/mol. The molecule has 0 bridgehead atoms. The van der Waals surface area contributed by atoms with Gasteiger partial charge in [0.05, 0.1) is 35.6 Å². The van der Waals surface area contributed by atoms with Gasteiger partial charge in [-0.1, -0.05) is 35.0 Å². The van der Waals surface area contributed by atoms with Crippen LogP contribution in [-0.2, 0) is 11.2 Å². The van der Waals surface area contributed by atoms with Crippen LogP contribution in [0.5, 0.6) is 0 Å². The molecule has 27 heavy (non-hydrogen) atoms. The van der Waals surface area contributed by atoms with Crippen LogP contribution in [0.3, 0.4) is 0 Å². The van der Waals surface area contributed by atoms with Gasteiger partial charge in [-0.15, -0.1) is 0 Å². The number of nitrogens with one attached hydrogen (secondary N) is 1. The predicted octanol–water partition coefficient (Wildman–Crippen LogP) is 3.90. The minimum Gasteiger partial charge on any atom is -0.356 e. The summed E-state index contributed by atoms with van der Waals surface area (Å²) in [5.41, 5.74) is 5.95. The SMILES string of the molecule is Cc1ccc(CC(=O)N2CCC[C@H]2c2[nH]ncc2-c2onc(C)c2C)cc1. The highest BCUT2D eigenvalue weighted by atomic mass is 16.5. The number of H-pyrrole nitrogens is 1. The van der Waals surface area contributed by atoms with Crippen LogP contribution in [0.1, 0.15) is 47.0 Å². The summed E-state index contributed by atoms with van der Waals surface area (Å²) >= 11 is 0. The lowest BCUT2D eigenvalue weighted by Crippen LogP contribution is -2.32. The molecular formula is C21H24N4O2. The molecule has 0 saturated carbocycles. The number of benzene rings is 1. The van der Waals surface area contributed by atoms with Crippen molar-refractivity contribution in [1.29, 1.82) is 0 Å². The molecule has 3 heterocycles. The van der Waals surface area contributed by atoms with E-state index in [1.54, 1.807) is 6.20 Å². The maximum atomic E-state index is 13.0. The first-order valence-corrected chi connectivity index (χ1v) is 9.36. The van der Waals surface area contributed by atoms with Crippen molar-refractivity contribution in [2.45, 2.75) is 46.1 Å². The minimum absolute atomic E-state index is 0.00902. The van der Waals surface area contributed by atoms with Gasteiger partial charge in [-0.2, -0.15) is 5.10 Å². The first-order chi connectivity index (χ1) is 13.0. The van der Waals surface area contributed by atoms with E-state index in [1.165, 1.54) is 5.56 Å². The third kappa shape index (κ3) is 3.27. The number of hydrogen-bond acceptors (Lipinski definition) is 4. The molecule has 1 amide bonds. The first-order valence-electron chi connectivity index (χ1n) is 9.36. The highest BCUT2D eigenvalue weighted by Gasteiger charge is 2.33. The molecule has 1 aromatic carbocycles. The molecule has 6 nitrogen and oxygen atoms in total. The van der Waals surface area contributed by atoms with Crippen LogP contribution < -0.4 is 0 Å². The lowest BCUT2D eigenvalue weighted by atomic mass is 10.0. The lowest BCUT2D eigenvalue weighted by molar-refractivity contribution is -0.131. The molecule has 1 saturated heterocycles.